The van der Waals surface area contributed by atoms with E-state index in [1.54, 1.807) is 16.9 Å². The van der Waals surface area contributed by atoms with Crippen LogP contribution < -0.4 is 0 Å². The zero-order valence-electron chi connectivity index (χ0n) is 15.4. The molecule has 1 aliphatic heterocycles. The summed E-state index contributed by atoms with van der Waals surface area (Å²) in [5.74, 6) is 0.683. The van der Waals surface area contributed by atoms with Crippen LogP contribution in [0.3, 0.4) is 0 Å². The Morgan fingerprint density at radius 3 is 2.59 bits per heavy atom. The molecule has 0 aliphatic carbocycles. The molecule has 1 aromatic carbocycles. The molecule has 1 fully saturated rings. The normalized spacial score (nSPS) is 15.7. The Bertz CT molecular complexity index is 1240. The first-order valence-electron chi connectivity index (χ1n) is 9.24. The first-order chi connectivity index (χ1) is 14.1. The number of nitrogens with zero attached hydrogens (tertiary/aromatic N) is 5. The number of pyridine rings is 1. The molecule has 10 heteroatoms. The van der Waals surface area contributed by atoms with E-state index in [2.05, 4.69) is 25.3 Å². The summed E-state index contributed by atoms with van der Waals surface area (Å²) in [5.41, 5.74) is 2.32. The van der Waals surface area contributed by atoms with Crippen molar-refractivity contribution in [1.82, 2.24) is 29.9 Å². The Balaban J connectivity index is 1.48. The van der Waals surface area contributed by atoms with Gasteiger partial charge in [0.1, 0.15) is 6.33 Å². The van der Waals surface area contributed by atoms with Crippen molar-refractivity contribution in [3.8, 4) is 17.1 Å². The third-order valence-corrected chi connectivity index (χ3v) is 7.35. The Kier molecular flexibility index (Phi) is 4.36. The van der Waals surface area contributed by atoms with Crippen LogP contribution in [-0.4, -0.2) is 56.8 Å². The molecule has 3 aromatic heterocycles. The fraction of sp³-hybridized carbons (Fsp3) is 0.263. The highest BCUT2D eigenvalue weighted by molar-refractivity contribution is 7.92. The van der Waals surface area contributed by atoms with Crippen LogP contribution in [0.1, 0.15) is 12.8 Å². The third kappa shape index (κ3) is 3.19. The monoisotopic (exact) mass is 410 g/mol. The maximum atomic E-state index is 12.9. The highest BCUT2D eigenvalue weighted by Gasteiger charge is 2.30. The summed E-state index contributed by atoms with van der Waals surface area (Å²) in [6, 6.07) is 9.28. The van der Waals surface area contributed by atoms with Gasteiger partial charge in [0.25, 0.3) is 0 Å². The summed E-state index contributed by atoms with van der Waals surface area (Å²) in [6.07, 6.45) is 5.54. The summed E-state index contributed by atoms with van der Waals surface area (Å²) in [4.78, 5) is 8.78. The average molecular weight is 410 g/mol. The lowest BCUT2D eigenvalue weighted by Gasteiger charge is -2.22. The van der Waals surface area contributed by atoms with Gasteiger partial charge in [-0.2, -0.15) is 10.2 Å². The maximum absolute atomic E-state index is 12.9. The van der Waals surface area contributed by atoms with Crippen LogP contribution in [0.15, 0.2) is 53.9 Å². The maximum Gasteiger partial charge on any atom is 0.182 e. The fourth-order valence-corrected chi connectivity index (χ4v) is 5.22. The number of sulfone groups is 1. The van der Waals surface area contributed by atoms with Gasteiger partial charge < -0.3 is 4.74 Å². The molecule has 0 bridgehead atoms. The number of hydrogen-bond donors (Lipinski definition) is 1. The summed E-state index contributed by atoms with van der Waals surface area (Å²) in [6.45, 7) is 0.948. The Morgan fingerprint density at radius 2 is 1.86 bits per heavy atom. The van der Waals surface area contributed by atoms with Gasteiger partial charge in [-0.3, -0.25) is 5.10 Å². The lowest BCUT2D eigenvalue weighted by atomic mass is 10.2. The van der Waals surface area contributed by atoms with Crippen LogP contribution in [0.2, 0.25) is 0 Å². The van der Waals surface area contributed by atoms with Crippen molar-refractivity contribution in [2.24, 2.45) is 0 Å². The van der Waals surface area contributed by atoms with E-state index in [1.165, 1.54) is 12.5 Å². The van der Waals surface area contributed by atoms with E-state index in [9.17, 15) is 8.42 Å². The van der Waals surface area contributed by atoms with Gasteiger partial charge in [-0.1, -0.05) is 0 Å². The molecule has 1 aliphatic rings. The van der Waals surface area contributed by atoms with Crippen LogP contribution in [0, 0.1) is 0 Å². The van der Waals surface area contributed by atoms with Crippen LogP contribution in [0.5, 0.6) is 0 Å². The molecule has 0 unspecified atom stereocenters. The molecular weight excluding hydrogens is 392 g/mol. The average Bonchev–Trinajstić information content (AvgIpc) is 3.44. The first kappa shape index (κ1) is 18.0. The molecular formula is C19H18N6O3S. The van der Waals surface area contributed by atoms with Crippen molar-refractivity contribution < 1.29 is 13.2 Å². The molecule has 5 rings (SSSR count). The molecule has 0 amide bonds. The SMILES string of the molecule is O=S(=O)(c1cnc2c(cnn2-c2ccc(-c3ncn[nH]3)cc2)c1)C1CCOCC1. The molecule has 1 N–H and O–H groups in total. The molecule has 9 nitrogen and oxygen atoms in total. The number of aromatic amines is 1. The number of fused-ring (bicyclic) bond motifs is 1. The number of H-pyrrole nitrogens is 1. The molecule has 0 atom stereocenters. The molecule has 4 aromatic rings. The number of aromatic nitrogens is 6. The van der Waals surface area contributed by atoms with Crippen LogP contribution in [0.4, 0.5) is 0 Å². The quantitative estimate of drug-likeness (QED) is 0.548. The summed E-state index contributed by atoms with van der Waals surface area (Å²) in [7, 11) is -3.44. The van der Waals surface area contributed by atoms with E-state index in [-0.39, 0.29) is 4.90 Å². The minimum Gasteiger partial charge on any atom is -0.381 e. The van der Waals surface area contributed by atoms with E-state index in [1.807, 2.05) is 24.3 Å². The van der Waals surface area contributed by atoms with Crippen LogP contribution in [-0.2, 0) is 14.6 Å². The van der Waals surface area contributed by atoms with Crippen LogP contribution in [0.25, 0.3) is 28.1 Å². The number of ether oxygens (including phenoxy) is 1. The molecule has 4 heterocycles. The van der Waals surface area contributed by atoms with Crippen molar-refractivity contribution in [1.29, 1.82) is 0 Å². The van der Waals surface area contributed by atoms with Gasteiger partial charge in [-0.15, -0.1) is 0 Å². The Labute approximate surface area is 166 Å². The van der Waals surface area contributed by atoms with Gasteiger partial charge in [-0.05, 0) is 43.2 Å². The van der Waals surface area contributed by atoms with Gasteiger partial charge in [-0.25, -0.2) is 23.1 Å². The second kappa shape index (κ2) is 7.05. The summed E-state index contributed by atoms with van der Waals surface area (Å²) in [5, 5.41) is 11.3. The van der Waals surface area contributed by atoms with E-state index in [0.717, 1.165) is 11.3 Å². The zero-order valence-corrected chi connectivity index (χ0v) is 16.2. The minimum absolute atomic E-state index is 0.233. The number of hydrogen-bond acceptors (Lipinski definition) is 7. The van der Waals surface area contributed by atoms with Crippen molar-refractivity contribution in [2.45, 2.75) is 23.0 Å². The Morgan fingerprint density at radius 1 is 1.07 bits per heavy atom. The predicted molar refractivity (Wildman–Crippen MR) is 105 cm³/mol. The second-order valence-electron chi connectivity index (χ2n) is 6.88. The van der Waals surface area contributed by atoms with E-state index in [0.29, 0.717) is 42.9 Å². The summed E-state index contributed by atoms with van der Waals surface area (Å²) < 4.78 is 32.8. The van der Waals surface area contributed by atoms with Crippen molar-refractivity contribution in [2.75, 3.05) is 13.2 Å². The van der Waals surface area contributed by atoms with Gasteiger partial charge in [0.05, 0.1) is 22.0 Å². The van der Waals surface area contributed by atoms with Gasteiger partial charge in [0, 0.05) is 30.4 Å². The highest BCUT2D eigenvalue weighted by Crippen LogP contribution is 2.26. The van der Waals surface area contributed by atoms with Gasteiger partial charge in [0.2, 0.25) is 0 Å². The van der Waals surface area contributed by atoms with E-state index in [4.69, 9.17) is 4.74 Å². The largest absolute Gasteiger partial charge is 0.381 e. The zero-order chi connectivity index (χ0) is 19.8. The first-order valence-corrected chi connectivity index (χ1v) is 10.8. The van der Waals surface area contributed by atoms with Gasteiger partial charge >= 0.3 is 0 Å². The molecule has 148 valence electrons. The standard InChI is InChI=1S/C19H18N6O3S/c26-29(27,16-5-7-28-8-6-16)17-9-14-10-23-25(19(14)20-11-17)15-3-1-13(2-4-15)18-21-12-22-24-18/h1-4,9-12,16H,5-8H2,(H,21,22,24). The van der Waals surface area contributed by atoms with Gasteiger partial charge in [0.15, 0.2) is 21.3 Å². The highest BCUT2D eigenvalue weighted by atomic mass is 32.2. The lowest BCUT2D eigenvalue weighted by molar-refractivity contribution is 0.0983. The van der Waals surface area contributed by atoms with Crippen molar-refractivity contribution in [3.63, 3.8) is 0 Å². The molecule has 1 saturated heterocycles. The number of rotatable bonds is 4. The van der Waals surface area contributed by atoms with E-state index < -0.39 is 15.1 Å². The topological polar surface area (TPSA) is 116 Å². The summed E-state index contributed by atoms with van der Waals surface area (Å²) >= 11 is 0. The molecule has 0 spiro atoms. The Hall–Kier alpha value is -3.11. The van der Waals surface area contributed by atoms with Crippen molar-refractivity contribution in [3.05, 3.63) is 49.1 Å². The van der Waals surface area contributed by atoms with E-state index >= 15 is 0 Å². The number of nitrogens with one attached hydrogen (secondary N) is 1. The third-order valence-electron chi connectivity index (χ3n) is 5.12. The second-order valence-corrected chi connectivity index (χ2v) is 9.11. The van der Waals surface area contributed by atoms with Crippen molar-refractivity contribution >= 4 is 20.9 Å². The molecule has 0 radical (unpaired) electrons. The smallest absolute Gasteiger partial charge is 0.182 e. The molecule has 29 heavy (non-hydrogen) atoms. The molecule has 0 saturated carbocycles. The fourth-order valence-electron chi connectivity index (χ4n) is 3.53. The number of benzene rings is 1. The van der Waals surface area contributed by atoms with Crippen LogP contribution >= 0.6 is 0 Å². The lowest BCUT2D eigenvalue weighted by Crippen LogP contribution is -2.29. The predicted octanol–water partition coefficient (Wildman–Crippen LogP) is 2.16. The minimum atomic E-state index is -3.44.